The summed E-state index contributed by atoms with van der Waals surface area (Å²) in [7, 11) is 0. The molecule has 0 aromatic heterocycles. The van der Waals surface area contributed by atoms with Gasteiger partial charge in [-0.1, -0.05) is 24.8 Å². The Morgan fingerprint density at radius 1 is 1.50 bits per heavy atom. The Kier molecular flexibility index (Phi) is 1.47. The molecule has 12 heavy (non-hydrogen) atoms. The van der Waals surface area contributed by atoms with E-state index in [9.17, 15) is 4.79 Å². The van der Waals surface area contributed by atoms with E-state index in [2.05, 4.69) is 6.58 Å². The van der Waals surface area contributed by atoms with Gasteiger partial charge >= 0.3 is 5.97 Å². The molecule has 0 amide bonds. The van der Waals surface area contributed by atoms with E-state index in [4.69, 9.17) is 4.74 Å². The Balaban J connectivity index is 2.48. The number of esters is 1. The maximum absolute atomic E-state index is 10.9. The summed E-state index contributed by atoms with van der Waals surface area (Å²) < 4.78 is 4.96. The van der Waals surface area contributed by atoms with Crippen molar-refractivity contribution >= 4 is 12.0 Å². The monoisotopic (exact) mass is 160 g/mol. The molecule has 1 aliphatic heterocycles. The number of fused-ring (bicyclic) bond motifs is 1. The summed E-state index contributed by atoms with van der Waals surface area (Å²) in [4.78, 5) is 10.9. The predicted octanol–water partition coefficient (Wildman–Crippen LogP) is 1.79. The molecule has 1 heterocycles. The molecule has 0 atom stereocenters. The summed E-state index contributed by atoms with van der Waals surface area (Å²) >= 11 is 0. The average Bonchev–Trinajstić information content (AvgIpc) is 2.43. The predicted molar refractivity (Wildman–Crippen MR) is 45.9 cm³/mol. The molecule has 60 valence electrons. The largest absolute Gasteiger partial charge is 0.426 e. The van der Waals surface area contributed by atoms with Crippen LogP contribution in [0, 0.1) is 0 Å². The first-order chi connectivity index (χ1) is 5.79. The van der Waals surface area contributed by atoms with E-state index in [1.54, 1.807) is 6.08 Å². The zero-order valence-corrected chi connectivity index (χ0v) is 6.54. The molecule has 1 aliphatic rings. The van der Waals surface area contributed by atoms with Crippen molar-refractivity contribution in [1.29, 1.82) is 0 Å². The first kappa shape index (κ1) is 7.10. The van der Waals surface area contributed by atoms with Crippen LogP contribution in [-0.2, 0) is 11.2 Å². The fourth-order valence-electron chi connectivity index (χ4n) is 1.25. The summed E-state index contributed by atoms with van der Waals surface area (Å²) in [5.41, 5.74) is 1.94. The van der Waals surface area contributed by atoms with Crippen molar-refractivity contribution < 1.29 is 9.53 Å². The smallest absolute Gasteiger partial charge is 0.315 e. The van der Waals surface area contributed by atoms with Crippen LogP contribution in [0.15, 0.2) is 24.8 Å². The molecular weight excluding hydrogens is 152 g/mol. The maximum atomic E-state index is 10.9. The lowest BCUT2D eigenvalue weighted by Crippen LogP contribution is -2.00. The van der Waals surface area contributed by atoms with Gasteiger partial charge in [-0.25, -0.2) is 0 Å². The zero-order valence-electron chi connectivity index (χ0n) is 6.54. The van der Waals surface area contributed by atoms with Crippen LogP contribution < -0.4 is 4.74 Å². The highest BCUT2D eigenvalue weighted by molar-refractivity contribution is 5.81. The molecular formula is C10H8O2. The Morgan fingerprint density at radius 3 is 3.08 bits per heavy atom. The third-order valence-electron chi connectivity index (χ3n) is 1.89. The fraction of sp³-hybridized carbons (Fsp3) is 0.100. The van der Waals surface area contributed by atoms with E-state index in [0.29, 0.717) is 12.2 Å². The van der Waals surface area contributed by atoms with Gasteiger partial charge in [0, 0.05) is 5.56 Å². The molecule has 0 radical (unpaired) electrons. The quantitative estimate of drug-likeness (QED) is 0.462. The molecule has 0 aliphatic carbocycles. The average molecular weight is 160 g/mol. The van der Waals surface area contributed by atoms with Gasteiger partial charge in [-0.2, -0.15) is 0 Å². The second kappa shape index (κ2) is 2.48. The van der Waals surface area contributed by atoms with Crippen LogP contribution in [0.5, 0.6) is 5.75 Å². The first-order valence-electron chi connectivity index (χ1n) is 3.75. The third-order valence-corrected chi connectivity index (χ3v) is 1.89. The fourth-order valence-corrected chi connectivity index (χ4v) is 1.25. The van der Waals surface area contributed by atoms with Gasteiger partial charge in [0.15, 0.2) is 0 Å². The molecule has 0 fully saturated rings. The molecule has 0 saturated carbocycles. The van der Waals surface area contributed by atoms with Crippen LogP contribution in [0.1, 0.15) is 11.1 Å². The van der Waals surface area contributed by atoms with Crippen molar-refractivity contribution in [2.24, 2.45) is 0 Å². The molecule has 0 bridgehead atoms. The number of ether oxygens (including phenoxy) is 1. The summed E-state index contributed by atoms with van der Waals surface area (Å²) in [5, 5.41) is 0. The molecule has 0 N–H and O–H groups in total. The zero-order chi connectivity index (χ0) is 8.55. The highest BCUT2D eigenvalue weighted by atomic mass is 16.5. The second-order valence-electron chi connectivity index (χ2n) is 2.72. The molecule has 0 unspecified atom stereocenters. The number of rotatable bonds is 1. The number of benzene rings is 1. The molecule has 0 saturated heterocycles. The Bertz CT molecular complexity index is 353. The standard InChI is InChI=1S/C10H8O2/c1-2-7-3-4-8-6-10(11)12-9(8)5-7/h2-5H,1,6H2. The highest BCUT2D eigenvalue weighted by Crippen LogP contribution is 2.26. The van der Waals surface area contributed by atoms with Crippen LogP contribution in [0.3, 0.4) is 0 Å². The van der Waals surface area contributed by atoms with Gasteiger partial charge in [0.25, 0.3) is 0 Å². The van der Waals surface area contributed by atoms with Gasteiger partial charge in [0.05, 0.1) is 6.42 Å². The Hall–Kier alpha value is -1.57. The van der Waals surface area contributed by atoms with Crippen molar-refractivity contribution in [3.8, 4) is 5.75 Å². The number of carbonyl (C=O) groups is 1. The van der Waals surface area contributed by atoms with E-state index in [1.807, 2.05) is 18.2 Å². The van der Waals surface area contributed by atoms with Crippen molar-refractivity contribution in [2.45, 2.75) is 6.42 Å². The van der Waals surface area contributed by atoms with Crippen molar-refractivity contribution in [1.82, 2.24) is 0 Å². The number of carbonyl (C=O) groups excluding carboxylic acids is 1. The topological polar surface area (TPSA) is 26.3 Å². The summed E-state index contributed by atoms with van der Waals surface area (Å²) in [5.74, 6) is 0.503. The summed E-state index contributed by atoms with van der Waals surface area (Å²) in [6.07, 6.45) is 2.12. The van der Waals surface area contributed by atoms with Gasteiger partial charge in [-0.3, -0.25) is 4.79 Å². The van der Waals surface area contributed by atoms with Crippen LogP contribution in [-0.4, -0.2) is 5.97 Å². The minimum atomic E-state index is -0.175. The Morgan fingerprint density at radius 2 is 2.33 bits per heavy atom. The molecule has 1 aromatic rings. The van der Waals surface area contributed by atoms with Gasteiger partial charge < -0.3 is 4.74 Å². The lowest BCUT2D eigenvalue weighted by atomic mass is 10.1. The minimum absolute atomic E-state index is 0.175. The number of hydrogen-bond donors (Lipinski definition) is 0. The van der Waals surface area contributed by atoms with Crippen molar-refractivity contribution in [3.63, 3.8) is 0 Å². The van der Waals surface area contributed by atoms with E-state index < -0.39 is 0 Å². The normalized spacial score (nSPS) is 13.8. The van der Waals surface area contributed by atoms with Crippen LogP contribution in [0.2, 0.25) is 0 Å². The van der Waals surface area contributed by atoms with Crippen LogP contribution in [0.4, 0.5) is 0 Å². The lowest BCUT2D eigenvalue weighted by molar-refractivity contribution is -0.131. The molecule has 0 spiro atoms. The van der Waals surface area contributed by atoms with E-state index in [-0.39, 0.29) is 5.97 Å². The molecule has 2 nitrogen and oxygen atoms in total. The van der Waals surface area contributed by atoms with Gasteiger partial charge in [-0.15, -0.1) is 0 Å². The van der Waals surface area contributed by atoms with E-state index in [1.165, 1.54) is 0 Å². The minimum Gasteiger partial charge on any atom is -0.426 e. The maximum Gasteiger partial charge on any atom is 0.315 e. The van der Waals surface area contributed by atoms with Crippen molar-refractivity contribution in [3.05, 3.63) is 35.9 Å². The summed E-state index contributed by atoms with van der Waals surface area (Å²) in [6.45, 7) is 3.63. The van der Waals surface area contributed by atoms with Gasteiger partial charge in [-0.05, 0) is 11.6 Å². The number of hydrogen-bond acceptors (Lipinski definition) is 2. The van der Waals surface area contributed by atoms with Crippen LogP contribution in [0.25, 0.3) is 6.08 Å². The highest BCUT2D eigenvalue weighted by Gasteiger charge is 2.19. The first-order valence-corrected chi connectivity index (χ1v) is 3.75. The Labute approximate surface area is 70.5 Å². The lowest BCUT2D eigenvalue weighted by Gasteiger charge is -1.97. The second-order valence-corrected chi connectivity index (χ2v) is 2.72. The molecule has 1 aromatic carbocycles. The summed E-state index contributed by atoms with van der Waals surface area (Å²) in [6, 6.07) is 5.65. The molecule has 2 heteroatoms. The SMILES string of the molecule is C=Cc1ccc2c(c1)OC(=O)C2. The van der Waals surface area contributed by atoms with E-state index >= 15 is 0 Å². The van der Waals surface area contributed by atoms with Gasteiger partial charge in [0.2, 0.25) is 0 Å². The molecule has 2 rings (SSSR count). The van der Waals surface area contributed by atoms with Crippen LogP contribution >= 0.6 is 0 Å². The van der Waals surface area contributed by atoms with E-state index in [0.717, 1.165) is 11.1 Å². The van der Waals surface area contributed by atoms with Gasteiger partial charge in [0.1, 0.15) is 5.75 Å². The third kappa shape index (κ3) is 1.01. The van der Waals surface area contributed by atoms with Crippen molar-refractivity contribution in [2.75, 3.05) is 0 Å².